The summed E-state index contributed by atoms with van der Waals surface area (Å²) in [7, 11) is 0. The van der Waals surface area contributed by atoms with Crippen molar-refractivity contribution >= 4 is 29.3 Å². The van der Waals surface area contributed by atoms with Crippen molar-refractivity contribution in [2.45, 2.75) is 24.5 Å². The first-order valence-electron chi connectivity index (χ1n) is 5.62. The molecular weight excluding hydrogens is 256 g/mol. The molecule has 1 aromatic heterocycles. The summed E-state index contributed by atoms with van der Waals surface area (Å²) in [5.41, 5.74) is 0.445. The largest absolute Gasteiger partial charge is 0.351 e. The molecule has 3 nitrogen and oxygen atoms in total. The molecule has 1 saturated heterocycles. The predicted octanol–water partition coefficient (Wildman–Crippen LogP) is 2.75. The van der Waals surface area contributed by atoms with Crippen LogP contribution in [-0.4, -0.2) is 27.9 Å². The van der Waals surface area contributed by atoms with Crippen molar-refractivity contribution < 1.29 is 4.79 Å². The lowest BCUT2D eigenvalue weighted by Gasteiger charge is -2.22. The molecule has 1 aliphatic heterocycles. The van der Waals surface area contributed by atoms with Gasteiger partial charge in [0.15, 0.2) is 0 Å². The Morgan fingerprint density at radius 2 is 2.53 bits per heavy atom. The molecule has 92 valence electrons. The van der Waals surface area contributed by atoms with Crippen LogP contribution in [0.4, 0.5) is 0 Å². The quantitative estimate of drug-likeness (QED) is 0.918. The van der Waals surface area contributed by atoms with Crippen molar-refractivity contribution in [3.05, 3.63) is 29.0 Å². The normalized spacial score (nSPS) is 23.6. The molecule has 0 aromatic carbocycles. The van der Waals surface area contributed by atoms with Gasteiger partial charge in [-0.25, -0.2) is 0 Å². The third-order valence-electron chi connectivity index (χ3n) is 2.94. The molecule has 5 heteroatoms. The summed E-state index contributed by atoms with van der Waals surface area (Å²) in [5.74, 6) is 1.04. The van der Waals surface area contributed by atoms with Crippen LogP contribution in [0, 0.1) is 0 Å². The minimum atomic E-state index is -0.142. The van der Waals surface area contributed by atoms with Gasteiger partial charge in [0.05, 0.1) is 10.6 Å². The summed E-state index contributed by atoms with van der Waals surface area (Å²) in [5, 5.41) is 3.38. The lowest BCUT2D eigenvalue weighted by Crippen LogP contribution is -2.36. The fourth-order valence-electron chi connectivity index (χ4n) is 1.88. The highest BCUT2D eigenvalue weighted by Gasteiger charge is 2.29. The highest BCUT2D eigenvalue weighted by atomic mass is 35.5. The molecule has 0 saturated carbocycles. The van der Waals surface area contributed by atoms with E-state index < -0.39 is 0 Å². The first kappa shape index (κ1) is 12.7. The monoisotopic (exact) mass is 270 g/mol. The molecule has 0 radical (unpaired) electrons. The molecule has 1 atom stereocenters. The van der Waals surface area contributed by atoms with E-state index in [9.17, 15) is 4.79 Å². The topological polar surface area (TPSA) is 42.0 Å². The first-order valence-corrected chi connectivity index (χ1v) is 6.99. The van der Waals surface area contributed by atoms with E-state index >= 15 is 0 Å². The second-order valence-corrected chi connectivity index (χ2v) is 6.53. The number of thioether (sulfide) groups is 1. The SMILES string of the molecule is CC1(CNC(=O)c2cnccc2Cl)CCCS1. The minimum absolute atomic E-state index is 0.142. The Balaban J connectivity index is 1.96. The lowest BCUT2D eigenvalue weighted by atomic mass is 10.1. The van der Waals surface area contributed by atoms with E-state index in [4.69, 9.17) is 11.6 Å². The molecule has 1 aromatic rings. The zero-order valence-electron chi connectivity index (χ0n) is 9.70. The van der Waals surface area contributed by atoms with Crippen molar-refractivity contribution in [3.63, 3.8) is 0 Å². The summed E-state index contributed by atoms with van der Waals surface area (Å²) in [6.07, 6.45) is 5.46. The number of carbonyl (C=O) groups is 1. The maximum absolute atomic E-state index is 11.9. The summed E-state index contributed by atoms with van der Waals surface area (Å²) >= 11 is 7.87. The van der Waals surface area contributed by atoms with Gasteiger partial charge in [-0.3, -0.25) is 9.78 Å². The van der Waals surface area contributed by atoms with Crippen LogP contribution in [0.3, 0.4) is 0 Å². The van der Waals surface area contributed by atoms with Gasteiger partial charge in [-0.2, -0.15) is 11.8 Å². The molecular formula is C12H15ClN2OS. The fraction of sp³-hybridized carbons (Fsp3) is 0.500. The van der Waals surface area contributed by atoms with Crippen molar-refractivity contribution in [2.75, 3.05) is 12.3 Å². The number of amides is 1. The third kappa shape index (κ3) is 3.13. The van der Waals surface area contributed by atoms with E-state index in [1.807, 2.05) is 11.8 Å². The number of aromatic nitrogens is 1. The van der Waals surface area contributed by atoms with Gasteiger partial charge in [0.1, 0.15) is 0 Å². The van der Waals surface area contributed by atoms with Crippen molar-refractivity contribution in [3.8, 4) is 0 Å². The number of nitrogens with one attached hydrogen (secondary N) is 1. The van der Waals surface area contributed by atoms with Crippen LogP contribution < -0.4 is 5.32 Å². The van der Waals surface area contributed by atoms with Crippen molar-refractivity contribution in [1.82, 2.24) is 10.3 Å². The van der Waals surface area contributed by atoms with Crippen molar-refractivity contribution in [2.24, 2.45) is 0 Å². The smallest absolute Gasteiger partial charge is 0.254 e. The Bertz CT molecular complexity index is 419. The van der Waals surface area contributed by atoms with Crippen LogP contribution in [0.2, 0.25) is 5.02 Å². The van der Waals surface area contributed by atoms with Crippen LogP contribution in [0.5, 0.6) is 0 Å². The average Bonchev–Trinajstić information content (AvgIpc) is 2.74. The van der Waals surface area contributed by atoms with Gasteiger partial charge in [-0.1, -0.05) is 11.6 Å². The fourth-order valence-corrected chi connectivity index (χ4v) is 3.32. The standard InChI is InChI=1S/C12H15ClN2OS/c1-12(4-2-6-17-12)8-15-11(16)9-7-14-5-3-10(9)13/h3,5,7H,2,4,6,8H2,1H3,(H,15,16). The van der Waals surface area contributed by atoms with Crippen LogP contribution in [0.25, 0.3) is 0 Å². The number of pyridine rings is 1. The minimum Gasteiger partial charge on any atom is -0.351 e. The molecule has 17 heavy (non-hydrogen) atoms. The Hall–Kier alpha value is -0.740. The van der Waals surface area contributed by atoms with E-state index in [0.717, 1.165) is 6.42 Å². The van der Waals surface area contributed by atoms with Crippen molar-refractivity contribution in [1.29, 1.82) is 0 Å². The second kappa shape index (κ2) is 5.27. The third-order valence-corrected chi connectivity index (χ3v) is 4.80. The molecule has 0 bridgehead atoms. The molecule has 1 unspecified atom stereocenters. The van der Waals surface area contributed by atoms with Crippen LogP contribution in [0.1, 0.15) is 30.1 Å². The van der Waals surface area contributed by atoms with Crippen LogP contribution in [-0.2, 0) is 0 Å². The summed E-state index contributed by atoms with van der Waals surface area (Å²) < 4.78 is 0.171. The Morgan fingerprint density at radius 3 is 3.18 bits per heavy atom. The Kier molecular flexibility index (Phi) is 3.94. The summed E-state index contributed by atoms with van der Waals surface area (Å²) in [6.45, 7) is 2.87. The van der Waals surface area contributed by atoms with E-state index in [0.29, 0.717) is 17.1 Å². The van der Waals surface area contributed by atoms with E-state index in [-0.39, 0.29) is 10.7 Å². The highest BCUT2D eigenvalue weighted by Crippen LogP contribution is 2.37. The molecule has 2 rings (SSSR count). The van der Waals surface area contributed by atoms with Gasteiger partial charge >= 0.3 is 0 Å². The highest BCUT2D eigenvalue weighted by molar-refractivity contribution is 8.00. The molecule has 1 N–H and O–H groups in total. The summed E-state index contributed by atoms with van der Waals surface area (Å²) in [6, 6.07) is 1.63. The Labute approximate surface area is 110 Å². The maximum atomic E-state index is 11.9. The molecule has 0 spiro atoms. The zero-order valence-corrected chi connectivity index (χ0v) is 11.3. The molecule has 1 fully saturated rings. The van der Waals surface area contributed by atoms with Gasteiger partial charge in [-0.05, 0) is 31.6 Å². The second-order valence-electron chi connectivity index (χ2n) is 4.44. The number of hydrogen-bond acceptors (Lipinski definition) is 3. The van der Waals surface area contributed by atoms with Gasteiger partial charge in [-0.15, -0.1) is 0 Å². The zero-order chi connectivity index (χ0) is 12.3. The van der Waals surface area contributed by atoms with Crippen LogP contribution >= 0.6 is 23.4 Å². The lowest BCUT2D eigenvalue weighted by molar-refractivity contribution is 0.0949. The first-order chi connectivity index (χ1) is 8.11. The van der Waals surface area contributed by atoms with Gasteiger partial charge in [0.25, 0.3) is 5.91 Å². The summed E-state index contributed by atoms with van der Waals surface area (Å²) in [4.78, 5) is 15.8. The molecule has 1 amide bonds. The average molecular weight is 271 g/mol. The number of hydrogen-bond donors (Lipinski definition) is 1. The van der Waals surface area contributed by atoms with E-state index in [1.165, 1.54) is 18.4 Å². The van der Waals surface area contributed by atoms with Gasteiger partial charge in [0, 0.05) is 23.7 Å². The molecule has 2 heterocycles. The van der Waals surface area contributed by atoms with Crippen LogP contribution in [0.15, 0.2) is 18.5 Å². The Morgan fingerprint density at radius 1 is 1.71 bits per heavy atom. The predicted molar refractivity (Wildman–Crippen MR) is 71.7 cm³/mol. The number of rotatable bonds is 3. The van der Waals surface area contributed by atoms with E-state index in [2.05, 4.69) is 17.2 Å². The van der Waals surface area contributed by atoms with Gasteiger partial charge in [0.2, 0.25) is 0 Å². The maximum Gasteiger partial charge on any atom is 0.254 e. The number of nitrogens with zero attached hydrogens (tertiary/aromatic N) is 1. The number of carbonyl (C=O) groups excluding carboxylic acids is 1. The van der Waals surface area contributed by atoms with E-state index in [1.54, 1.807) is 12.3 Å². The molecule has 1 aliphatic rings. The molecule has 0 aliphatic carbocycles. The van der Waals surface area contributed by atoms with Gasteiger partial charge < -0.3 is 5.32 Å². The number of halogens is 1.